The highest BCUT2D eigenvalue weighted by atomic mass is 32.2. The normalized spacial score (nSPS) is 22.4. The topological polar surface area (TPSA) is 128 Å². The Kier molecular flexibility index (Phi) is 8.08. The number of Topliss-reactive ketones (excluding diaryl/α,β-unsaturated/α-hetero) is 1. The van der Waals surface area contributed by atoms with Crippen LogP contribution in [0.5, 0.6) is 0 Å². The zero-order valence-corrected chi connectivity index (χ0v) is 24.5. The van der Waals surface area contributed by atoms with Crippen molar-refractivity contribution in [2.45, 2.75) is 16.9 Å². The third-order valence-corrected chi connectivity index (χ3v) is 9.78. The third kappa shape index (κ3) is 4.64. The number of likely N-dealkylation sites (tertiary alicyclic amines) is 1. The van der Waals surface area contributed by atoms with Crippen LogP contribution in [0.3, 0.4) is 0 Å². The van der Waals surface area contributed by atoms with Gasteiger partial charge in [-0.25, -0.2) is 12.7 Å². The lowest BCUT2D eigenvalue weighted by Gasteiger charge is -2.35. The molecule has 3 aliphatic heterocycles. The summed E-state index contributed by atoms with van der Waals surface area (Å²) in [6, 6.07) is 12.3. The number of amides is 2. The van der Waals surface area contributed by atoms with Gasteiger partial charge in [-0.3, -0.25) is 19.3 Å². The van der Waals surface area contributed by atoms with E-state index in [9.17, 15) is 27.9 Å². The second-order valence-corrected chi connectivity index (χ2v) is 12.7. The van der Waals surface area contributed by atoms with E-state index in [0.29, 0.717) is 37.4 Å². The average molecular weight is 595 g/mol. The summed E-state index contributed by atoms with van der Waals surface area (Å²) in [7, 11) is -1.12. The van der Waals surface area contributed by atoms with Crippen molar-refractivity contribution < 1.29 is 32.6 Å². The SMILES string of the molecule is C=CCN1C(=O)C2(C(=C(O)c3cccc(S(=O)(=O)N(C)C)c3)C(=O)C(=O)N2CCCN2CCOCC2)c2ccccc21. The Morgan fingerprint density at radius 1 is 1.07 bits per heavy atom. The molecule has 1 N–H and O–H groups in total. The minimum absolute atomic E-state index is 0.00364. The molecule has 0 aliphatic carbocycles. The number of hydrogen-bond donors (Lipinski definition) is 1. The van der Waals surface area contributed by atoms with Gasteiger partial charge in [-0.1, -0.05) is 36.4 Å². The molecule has 2 aromatic carbocycles. The molecule has 2 amide bonds. The second-order valence-electron chi connectivity index (χ2n) is 10.6. The molecule has 3 heterocycles. The van der Waals surface area contributed by atoms with E-state index in [2.05, 4.69) is 11.5 Å². The quantitative estimate of drug-likeness (QED) is 0.201. The Bertz CT molecular complexity index is 1580. The van der Waals surface area contributed by atoms with Gasteiger partial charge in [0.25, 0.3) is 17.6 Å². The molecule has 0 saturated carbocycles. The van der Waals surface area contributed by atoms with Crippen LogP contribution in [0.1, 0.15) is 17.5 Å². The number of benzene rings is 2. The second kappa shape index (κ2) is 11.4. The lowest BCUT2D eigenvalue weighted by atomic mass is 9.82. The highest BCUT2D eigenvalue weighted by Crippen LogP contribution is 2.53. The van der Waals surface area contributed by atoms with Crippen LogP contribution in [0.15, 0.2) is 71.7 Å². The number of rotatable bonds is 9. The largest absolute Gasteiger partial charge is 0.507 e. The van der Waals surface area contributed by atoms with E-state index in [1.165, 1.54) is 48.2 Å². The molecule has 0 bridgehead atoms. The van der Waals surface area contributed by atoms with E-state index in [4.69, 9.17) is 4.74 Å². The van der Waals surface area contributed by atoms with E-state index < -0.39 is 38.9 Å². The van der Waals surface area contributed by atoms with Crippen molar-refractivity contribution in [2.75, 3.05) is 64.9 Å². The van der Waals surface area contributed by atoms with Gasteiger partial charge in [-0.2, -0.15) is 0 Å². The Morgan fingerprint density at radius 3 is 2.48 bits per heavy atom. The van der Waals surface area contributed by atoms with Crippen LogP contribution in [0.4, 0.5) is 5.69 Å². The molecule has 1 atom stereocenters. The number of fused-ring (bicyclic) bond motifs is 2. The fraction of sp³-hybridized carbons (Fsp3) is 0.367. The van der Waals surface area contributed by atoms with Crippen LogP contribution in [-0.4, -0.2) is 105 Å². The fourth-order valence-corrected chi connectivity index (χ4v) is 6.86. The standard InChI is InChI=1S/C30H34N4O7S/c1-4-13-33-24-12-6-5-11-23(24)30(29(33)38)25(26(35)21-9-7-10-22(20-21)42(39,40)31(2)3)27(36)28(37)34(30)15-8-14-32-16-18-41-19-17-32/h4-7,9-12,20,35H,1,8,13-19H2,2-3H3. The maximum Gasteiger partial charge on any atom is 0.296 e. The van der Waals surface area contributed by atoms with Gasteiger partial charge in [-0.05, 0) is 24.6 Å². The van der Waals surface area contributed by atoms with E-state index in [1.807, 2.05) is 0 Å². The van der Waals surface area contributed by atoms with Crippen molar-refractivity contribution in [3.05, 3.63) is 77.9 Å². The monoisotopic (exact) mass is 594 g/mol. The van der Waals surface area contributed by atoms with Gasteiger partial charge in [-0.15, -0.1) is 6.58 Å². The van der Waals surface area contributed by atoms with Crippen molar-refractivity contribution in [2.24, 2.45) is 0 Å². The Labute approximate surface area is 245 Å². The Morgan fingerprint density at radius 2 is 1.79 bits per heavy atom. The number of ketones is 1. The molecular weight excluding hydrogens is 560 g/mol. The highest BCUT2D eigenvalue weighted by Gasteiger charge is 2.66. The molecule has 5 rings (SSSR count). The summed E-state index contributed by atoms with van der Waals surface area (Å²) in [6.07, 6.45) is 2.02. The van der Waals surface area contributed by atoms with Gasteiger partial charge in [0, 0.05) is 57.9 Å². The molecular formula is C30H34N4O7S. The number of aliphatic hydroxyl groups excluding tert-OH is 1. The van der Waals surface area contributed by atoms with Gasteiger partial charge >= 0.3 is 0 Å². The van der Waals surface area contributed by atoms with Crippen molar-refractivity contribution >= 4 is 39.1 Å². The number of nitrogens with zero attached hydrogens (tertiary/aromatic N) is 4. The Hall–Kier alpha value is -3.84. The molecule has 2 aromatic rings. The van der Waals surface area contributed by atoms with Gasteiger partial charge in [0.05, 0.1) is 29.4 Å². The molecule has 0 aromatic heterocycles. The molecule has 2 fully saturated rings. The lowest BCUT2D eigenvalue weighted by molar-refractivity contribution is -0.143. The summed E-state index contributed by atoms with van der Waals surface area (Å²) in [5.74, 6) is -3.10. The summed E-state index contributed by atoms with van der Waals surface area (Å²) in [6.45, 7) is 7.28. The number of ether oxygens (including phenoxy) is 1. The van der Waals surface area contributed by atoms with Crippen LogP contribution in [0, 0.1) is 0 Å². The van der Waals surface area contributed by atoms with Crippen LogP contribution >= 0.6 is 0 Å². The fourth-order valence-electron chi connectivity index (χ4n) is 5.91. The molecule has 1 unspecified atom stereocenters. The first-order valence-electron chi connectivity index (χ1n) is 13.7. The number of sulfonamides is 1. The maximum atomic E-state index is 14.5. The number of carbonyl (C=O) groups is 3. The van der Waals surface area contributed by atoms with Crippen molar-refractivity contribution in [3.63, 3.8) is 0 Å². The number of para-hydroxylation sites is 1. The van der Waals surface area contributed by atoms with Crippen LogP contribution < -0.4 is 4.90 Å². The molecule has 12 heteroatoms. The summed E-state index contributed by atoms with van der Waals surface area (Å²) >= 11 is 0. The predicted molar refractivity (Wildman–Crippen MR) is 156 cm³/mol. The number of aliphatic hydroxyl groups is 1. The first-order chi connectivity index (χ1) is 20.1. The third-order valence-electron chi connectivity index (χ3n) is 7.97. The molecule has 1 spiro atoms. The smallest absolute Gasteiger partial charge is 0.296 e. The molecule has 0 radical (unpaired) electrons. The minimum Gasteiger partial charge on any atom is -0.507 e. The first kappa shape index (κ1) is 29.6. The Balaban J connectivity index is 1.68. The highest BCUT2D eigenvalue weighted by molar-refractivity contribution is 7.89. The zero-order valence-electron chi connectivity index (χ0n) is 23.7. The van der Waals surface area contributed by atoms with Crippen molar-refractivity contribution in [1.29, 1.82) is 0 Å². The van der Waals surface area contributed by atoms with E-state index in [-0.39, 0.29) is 29.1 Å². The lowest BCUT2D eigenvalue weighted by Crippen LogP contribution is -2.52. The van der Waals surface area contributed by atoms with Gasteiger partial charge < -0.3 is 19.6 Å². The van der Waals surface area contributed by atoms with Crippen molar-refractivity contribution in [1.82, 2.24) is 14.1 Å². The van der Waals surface area contributed by atoms with Gasteiger partial charge in [0.15, 0.2) is 5.54 Å². The maximum absolute atomic E-state index is 14.5. The summed E-state index contributed by atoms with van der Waals surface area (Å²) < 4.78 is 32.1. The molecule has 42 heavy (non-hydrogen) atoms. The molecule has 2 saturated heterocycles. The molecule has 3 aliphatic rings. The molecule has 222 valence electrons. The summed E-state index contributed by atoms with van der Waals surface area (Å²) in [5.41, 5.74) is -1.43. The van der Waals surface area contributed by atoms with Crippen LogP contribution in [-0.2, 0) is 34.7 Å². The first-order valence-corrected chi connectivity index (χ1v) is 15.2. The van der Waals surface area contributed by atoms with Gasteiger partial charge in [0.1, 0.15) is 5.76 Å². The van der Waals surface area contributed by atoms with E-state index in [1.54, 1.807) is 30.3 Å². The van der Waals surface area contributed by atoms with E-state index in [0.717, 1.165) is 17.4 Å². The zero-order chi connectivity index (χ0) is 30.2. The minimum atomic E-state index is -3.88. The predicted octanol–water partition coefficient (Wildman–Crippen LogP) is 1.77. The van der Waals surface area contributed by atoms with Crippen molar-refractivity contribution in [3.8, 4) is 0 Å². The summed E-state index contributed by atoms with van der Waals surface area (Å²) in [5, 5.41) is 11.7. The summed E-state index contributed by atoms with van der Waals surface area (Å²) in [4.78, 5) is 46.8. The van der Waals surface area contributed by atoms with Crippen LogP contribution in [0.25, 0.3) is 5.76 Å². The van der Waals surface area contributed by atoms with E-state index >= 15 is 0 Å². The number of anilines is 1. The molecule has 11 nitrogen and oxygen atoms in total. The van der Waals surface area contributed by atoms with Crippen LogP contribution in [0.2, 0.25) is 0 Å². The number of hydrogen-bond acceptors (Lipinski definition) is 8. The van der Waals surface area contributed by atoms with Gasteiger partial charge in [0.2, 0.25) is 10.0 Å². The number of morpholine rings is 1. The number of carbonyl (C=O) groups excluding carboxylic acids is 3. The average Bonchev–Trinajstić information content (AvgIpc) is 3.36.